The third kappa shape index (κ3) is 4.01. The number of rotatable bonds is 5. The van der Waals surface area contributed by atoms with Crippen molar-refractivity contribution in [1.82, 2.24) is 0 Å². The molecule has 2 N–H and O–H groups in total. The summed E-state index contributed by atoms with van der Waals surface area (Å²) in [7, 11) is 1.78. The molecule has 7 heteroatoms. The fourth-order valence-electron chi connectivity index (χ4n) is 2.03. The average Bonchev–Trinajstić information content (AvgIpc) is 2.47. The Bertz CT molecular complexity index is 682. The summed E-state index contributed by atoms with van der Waals surface area (Å²) in [5.41, 5.74) is 0.295. The highest BCUT2D eigenvalue weighted by Crippen LogP contribution is 2.19. The molecule has 0 unspecified atom stereocenters. The van der Waals surface area contributed by atoms with Crippen molar-refractivity contribution in [2.24, 2.45) is 0 Å². The maximum Gasteiger partial charge on any atom is 0.261 e. The van der Waals surface area contributed by atoms with E-state index in [1.807, 2.05) is 0 Å². The monoisotopic (exact) mass is 324 g/mol. The Balaban J connectivity index is 2.15. The summed E-state index contributed by atoms with van der Waals surface area (Å²) in [5.74, 6) is -4.62. The minimum atomic E-state index is -1.26. The van der Waals surface area contributed by atoms with E-state index >= 15 is 0 Å². The van der Waals surface area contributed by atoms with Crippen molar-refractivity contribution in [2.75, 3.05) is 30.4 Å². The highest BCUT2D eigenvalue weighted by Gasteiger charge is 2.19. The van der Waals surface area contributed by atoms with E-state index in [2.05, 4.69) is 5.32 Å². The van der Waals surface area contributed by atoms with E-state index in [0.29, 0.717) is 24.4 Å². The van der Waals surface area contributed by atoms with E-state index in [1.165, 1.54) is 0 Å². The number of carbonyl (C=O) groups is 1. The van der Waals surface area contributed by atoms with Crippen molar-refractivity contribution >= 4 is 17.3 Å². The van der Waals surface area contributed by atoms with E-state index in [0.717, 1.165) is 5.69 Å². The third-order valence-electron chi connectivity index (χ3n) is 3.24. The fraction of sp³-hybridized carbons (Fsp3) is 0.188. The smallest absolute Gasteiger partial charge is 0.261 e. The maximum atomic E-state index is 13.5. The molecule has 0 aliphatic rings. The normalized spacial score (nSPS) is 10.5. The van der Waals surface area contributed by atoms with Crippen LogP contribution in [0.15, 0.2) is 36.4 Å². The Morgan fingerprint density at radius 1 is 1.13 bits per heavy atom. The number of hydrogen-bond donors (Lipinski definition) is 2. The summed E-state index contributed by atoms with van der Waals surface area (Å²) < 4.78 is 39.9. The van der Waals surface area contributed by atoms with Crippen molar-refractivity contribution in [3.05, 3.63) is 59.4 Å². The second-order valence-electron chi connectivity index (χ2n) is 4.89. The highest BCUT2D eigenvalue weighted by molar-refractivity contribution is 6.04. The van der Waals surface area contributed by atoms with Gasteiger partial charge in [-0.2, -0.15) is 0 Å². The van der Waals surface area contributed by atoms with E-state index < -0.39 is 28.9 Å². The number of carbonyl (C=O) groups excluding carboxylic acids is 1. The van der Waals surface area contributed by atoms with Crippen LogP contribution in [-0.2, 0) is 0 Å². The van der Waals surface area contributed by atoms with Gasteiger partial charge in [0.1, 0.15) is 23.0 Å². The number of hydrogen-bond acceptors (Lipinski definition) is 3. The van der Waals surface area contributed by atoms with E-state index in [9.17, 15) is 18.0 Å². The Kier molecular flexibility index (Phi) is 5.23. The largest absolute Gasteiger partial charge is 0.395 e. The van der Waals surface area contributed by atoms with Crippen LogP contribution in [0.3, 0.4) is 0 Å². The number of anilines is 2. The molecule has 0 spiro atoms. The maximum absolute atomic E-state index is 13.5. The first kappa shape index (κ1) is 16.8. The second kappa shape index (κ2) is 7.15. The van der Waals surface area contributed by atoms with Crippen LogP contribution in [0.2, 0.25) is 0 Å². The number of nitrogens with zero attached hydrogens (tertiary/aromatic N) is 1. The molecule has 0 saturated carbocycles. The molecule has 0 fully saturated rings. The van der Waals surface area contributed by atoms with Gasteiger partial charge in [-0.3, -0.25) is 4.79 Å². The van der Waals surface area contributed by atoms with Crippen molar-refractivity contribution < 1.29 is 23.1 Å². The van der Waals surface area contributed by atoms with Gasteiger partial charge >= 0.3 is 0 Å². The van der Waals surface area contributed by atoms with Gasteiger partial charge in [0.2, 0.25) is 0 Å². The van der Waals surface area contributed by atoms with Crippen molar-refractivity contribution in [3.8, 4) is 0 Å². The summed E-state index contributed by atoms with van der Waals surface area (Å²) in [6.07, 6.45) is 0. The number of aliphatic hydroxyl groups excluding tert-OH is 1. The van der Waals surface area contributed by atoms with Gasteiger partial charge < -0.3 is 15.3 Å². The number of nitrogens with one attached hydrogen (secondary N) is 1. The van der Waals surface area contributed by atoms with Gasteiger partial charge in [0.05, 0.1) is 6.61 Å². The standard InChI is InChI=1S/C16H15F3N2O2/c1-21(6-7-22)12-4-2-11(3-5-12)20-16(23)15-13(18)8-10(17)9-14(15)19/h2-5,8-9,22H,6-7H2,1H3,(H,20,23). The van der Waals surface area contributed by atoms with Crippen LogP contribution in [0.4, 0.5) is 24.5 Å². The lowest BCUT2D eigenvalue weighted by Crippen LogP contribution is -2.21. The van der Waals surface area contributed by atoms with Gasteiger partial charge in [0.15, 0.2) is 0 Å². The van der Waals surface area contributed by atoms with E-state index in [1.54, 1.807) is 36.2 Å². The first-order chi connectivity index (χ1) is 10.9. The first-order valence-electron chi connectivity index (χ1n) is 6.80. The number of aliphatic hydroxyl groups is 1. The lowest BCUT2D eigenvalue weighted by molar-refractivity contribution is 0.101. The molecule has 0 saturated heterocycles. The van der Waals surface area contributed by atoms with E-state index in [-0.39, 0.29) is 6.61 Å². The lowest BCUT2D eigenvalue weighted by atomic mass is 10.1. The van der Waals surface area contributed by atoms with Crippen LogP contribution in [0.5, 0.6) is 0 Å². The number of likely N-dealkylation sites (N-methyl/N-ethyl adjacent to an activating group) is 1. The molecule has 2 aromatic rings. The fourth-order valence-corrected chi connectivity index (χ4v) is 2.03. The van der Waals surface area contributed by atoms with Gasteiger partial charge in [-0.25, -0.2) is 13.2 Å². The number of benzene rings is 2. The van der Waals surface area contributed by atoms with Crippen LogP contribution in [0.25, 0.3) is 0 Å². The molecule has 2 rings (SSSR count). The summed E-state index contributed by atoms with van der Waals surface area (Å²) in [4.78, 5) is 13.7. The highest BCUT2D eigenvalue weighted by atomic mass is 19.1. The molecule has 0 aromatic heterocycles. The van der Waals surface area contributed by atoms with Gasteiger partial charge in [0.25, 0.3) is 5.91 Å². The average molecular weight is 324 g/mol. The van der Waals surface area contributed by atoms with Crippen LogP contribution < -0.4 is 10.2 Å². The van der Waals surface area contributed by atoms with Crippen molar-refractivity contribution in [1.29, 1.82) is 0 Å². The van der Waals surface area contributed by atoms with Crippen LogP contribution in [-0.4, -0.2) is 31.2 Å². The lowest BCUT2D eigenvalue weighted by Gasteiger charge is -2.18. The number of amides is 1. The summed E-state index contributed by atoms with van der Waals surface area (Å²) >= 11 is 0. The third-order valence-corrected chi connectivity index (χ3v) is 3.24. The Hall–Kier alpha value is -2.54. The first-order valence-corrected chi connectivity index (χ1v) is 6.80. The molecule has 23 heavy (non-hydrogen) atoms. The summed E-state index contributed by atoms with van der Waals surface area (Å²) in [5, 5.41) is 11.2. The predicted molar refractivity (Wildman–Crippen MR) is 81.1 cm³/mol. The minimum Gasteiger partial charge on any atom is -0.395 e. The molecule has 0 bridgehead atoms. The number of halogens is 3. The summed E-state index contributed by atoms with van der Waals surface area (Å²) in [6.45, 7) is 0.440. The Morgan fingerprint density at radius 3 is 2.22 bits per heavy atom. The second-order valence-corrected chi connectivity index (χ2v) is 4.89. The van der Waals surface area contributed by atoms with Crippen LogP contribution in [0, 0.1) is 17.5 Å². The zero-order valence-corrected chi connectivity index (χ0v) is 12.3. The topological polar surface area (TPSA) is 52.6 Å². The molecule has 0 heterocycles. The quantitative estimate of drug-likeness (QED) is 0.889. The molecule has 0 atom stereocenters. The van der Waals surface area contributed by atoms with Gasteiger partial charge in [-0.1, -0.05) is 0 Å². The zero-order valence-electron chi connectivity index (χ0n) is 12.3. The molecular formula is C16H15F3N2O2. The SMILES string of the molecule is CN(CCO)c1ccc(NC(=O)c2c(F)cc(F)cc2F)cc1. The van der Waals surface area contributed by atoms with Gasteiger partial charge in [-0.05, 0) is 24.3 Å². The van der Waals surface area contributed by atoms with E-state index in [4.69, 9.17) is 5.11 Å². The molecule has 4 nitrogen and oxygen atoms in total. The van der Waals surface area contributed by atoms with Gasteiger partial charge in [0, 0.05) is 37.1 Å². The Labute approximate surface area is 131 Å². The molecule has 1 amide bonds. The van der Waals surface area contributed by atoms with Crippen molar-refractivity contribution in [2.45, 2.75) is 0 Å². The minimum absolute atomic E-state index is 0.00188. The van der Waals surface area contributed by atoms with Crippen molar-refractivity contribution in [3.63, 3.8) is 0 Å². The predicted octanol–water partition coefficient (Wildman–Crippen LogP) is 2.78. The molecule has 0 aliphatic heterocycles. The Morgan fingerprint density at radius 2 is 1.70 bits per heavy atom. The molecule has 122 valence electrons. The molecular weight excluding hydrogens is 309 g/mol. The molecule has 0 radical (unpaired) electrons. The van der Waals surface area contributed by atoms with Crippen LogP contribution >= 0.6 is 0 Å². The molecule has 2 aromatic carbocycles. The zero-order chi connectivity index (χ0) is 17.0. The van der Waals surface area contributed by atoms with Gasteiger partial charge in [-0.15, -0.1) is 0 Å². The van der Waals surface area contributed by atoms with Crippen LogP contribution in [0.1, 0.15) is 10.4 Å². The summed E-state index contributed by atoms with van der Waals surface area (Å²) in [6, 6.07) is 7.38. The molecule has 0 aliphatic carbocycles.